The fraction of sp³-hybridized carbons (Fsp3) is 0.500. The number of benzene rings is 1. The van der Waals surface area contributed by atoms with Crippen molar-refractivity contribution in [1.29, 1.82) is 5.26 Å². The molecule has 1 saturated heterocycles. The lowest BCUT2D eigenvalue weighted by atomic mass is 9.93. The maximum Gasteiger partial charge on any atom is 0.414 e. The van der Waals surface area contributed by atoms with Crippen molar-refractivity contribution in [3.8, 4) is 11.8 Å². The third-order valence-corrected chi connectivity index (χ3v) is 7.39. The van der Waals surface area contributed by atoms with E-state index in [0.29, 0.717) is 12.8 Å². The van der Waals surface area contributed by atoms with Crippen LogP contribution >= 0.6 is 12.2 Å². The standard InChI is InChI=1S/C28H30F4N4O4S/c1-25(2,3)40-23(38)34-27(10-11-27)15-39-21-9-8-18(13-20(21)29)36-24(41)35(22(37)26(36,4)5)17-7-6-16(14-33)19(12-17)28(30,31)32/h6-9,13,17H,10-12,15H2,1-5H3,(H,34,38). The number of nitrogens with one attached hydrogen (secondary N) is 1. The number of rotatable bonds is 6. The van der Waals surface area contributed by atoms with Gasteiger partial charge in [-0.15, -0.1) is 0 Å². The van der Waals surface area contributed by atoms with Crippen LogP contribution in [0.5, 0.6) is 5.75 Å². The fourth-order valence-electron chi connectivity index (χ4n) is 4.73. The van der Waals surface area contributed by atoms with Gasteiger partial charge >= 0.3 is 12.3 Å². The van der Waals surface area contributed by atoms with Crippen LogP contribution in [-0.4, -0.2) is 57.5 Å². The molecule has 8 nitrogen and oxygen atoms in total. The van der Waals surface area contributed by atoms with Crippen LogP contribution in [0, 0.1) is 17.1 Å². The van der Waals surface area contributed by atoms with E-state index in [1.165, 1.54) is 37.0 Å². The molecule has 1 atom stereocenters. The van der Waals surface area contributed by atoms with Gasteiger partial charge in [-0.3, -0.25) is 9.69 Å². The minimum atomic E-state index is -4.76. The number of alkyl carbamates (subject to hydrolysis) is 1. The van der Waals surface area contributed by atoms with Gasteiger partial charge in [0.25, 0.3) is 5.91 Å². The molecule has 1 aliphatic heterocycles. The monoisotopic (exact) mass is 594 g/mol. The van der Waals surface area contributed by atoms with Crippen LogP contribution in [0.3, 0.4) is 0 Å². The molecule has 1 heterocycles. The molecule has 2 amide bonds. The second-order valence-electron chi connectivity index (χ2n) is 11.8. The van der Waals surface area contributed by atoms with Gasteiger partial charge in [-0.05, 0) is 77.9 Å². The Morgan fingerprint density at radius 1 is 1.24 bits per heavy atom. The van der Waals surface area contributed by atoms with Gasteiger partial charge in [-0.2, -0.15) is 18.4 Å². The number of amides is 2. The first-order chi connectivity index (χ1) is 18.9. The Labute approximate surface area is 240 Å². The molecule has 0 aromatic heterocycles. The molecule has 2 fully saturated rings. The lowest BCUT2D eigenvalue weighted by molar-refractivity contribution is -0.131. The molecule has 0 radical (unpaired) electrons. The van der Waals surface area contributed by atoms with Gasteiger partial charge in [0.05, 0.1) is 28.8 Å². The molecule has 1 aromatic carbocycles. The smallest absolute Gasteiger partial charge is 0.414 e. The van der Waals surface area contributed by atoms with Crippen molar-refractivity contribution in [1.82, 2.24) is 10.2 Å². The third kappa shape index (κ3) is 6.17. The summed E-state index contributed by atoms with van der Waals surface area (Å²) in [5, 5.41) is 11.8. The highest BCUT2D eigenvalue weighted by atomic mass is 32.1. The number of alkyl halides is 3. The van der Waals surface area contributed by atoms with Crippen molar-refractivity contribution >= 4 is 35.0 Å². The molecule has 4 rings (SSSR count). The molecular weight excluding hydrogens is 564 g/mol. The number of allylic oxidation sites excluding steroid dienone is 2. The molecule has 1 saturated carbocycles. The Balaban J connectivity index is 1.50. The van der Waals surface area contributed by atoms with E-state index in [9.17, 15) is 22.8 Å². The van der Waals surface area contributed by atoms with E-state index in [0.717, 1.165) is 17.0 Å². The topological polar surface area (TPSA) is 94.9 Å². The van der Waals surface area contributed by atoms with E-state index >= 15 is 4.39 Å². The van der Waals surface area contributed by atoms with E-state index in [1.807, 2.05) is 0 Å². The van der Waals surface area contributed by atoms with Crippen LogP contribution in [0.2, 0.25) is 0 Å². The second-order valence-corrected chi connectivity index (χ2v) is 12.2. The number of nitriles is 1. The average molecular weight is 595 g/mol. The predicted molar refractivity (Wildman–Crippen MR) is 145 cm³/mol. The van der Waals surface area contributed by atoms with Crippen LogP contribution < -0.4 is 15.0 Å². The maximum atomic E-state index is 15.2. The van der Waals surface area contributed by atoms with Crippen LogP contribution in [0.25, 0.3) is 0 Å². The highest BCUT2D eigenvalue weighted by molar-refractivity contribution is 7.80. The van der Waals surface area contributed by atoms with Crippen molar-refractivity contribution in [2.24, 2.45) is 0 Å². The van der Waals surface area contributed by atoms with E-state index in [1.54, 1.807) is 26.8 Å². The summed E-state index contributed by atoms with van der Waals surface area (Å²) in [5.74, 6) is -1.40. The third-order valence-electron chi connectivity index (χ3n) is 7.01. The van der Waals surface area contributed by atoms with Crippen molar-refractivity contribution < 1.29 is 36.6 Å². The summed E-state index contributed by atoms with van der Waals surface area (Å²) in [6.07, 6.45) is -2.34. The molecule has 220 valence electrons. The van der Waals surface area contributed by atoms with Gasteiger partial charge in [0.15, 0.2) is 16.7 Å². The Kier molecular flexibility index (Phi) is 7.62. The van der Waals surface area contributed by atoms with E-state index in [4.69, 9.17) is 27.0 Å². The molecule has 2 aliphatic carbocycles. The summed E-state index contributed by atoms with van der Waals surface area (Å²) in [6, 6.07) is 4.46. The zero-order valence-electron chi connectivity index (χ0n) is 23.2. The number of carbonyl (C=O) groups is 2. The van der Waals surface area contributed by atoms with Crippen LogP contribution in [0.1, 0.15) is 53.9 Å². The van der Waals surface area contributed by atoms with Gasteiger partial charge in [-0.1, -0.05) is 6.08 Å². The van der Waals surface area contributed by atoms with E-state index in [2.05, 4.69) is 5.32 Å². The zero-order valence-corrected chi connectivity index (χ0v) is 24.0. The summed E-state index contributed by atoms with van der Waals surface area (Å²) in [4.78, 5) is 28.0. The molecule has 3 aliphatic rings. The van der Waals surface area contributed by atoms with Gasteiger partial charge in [0.1, 0.15) is 17.7 Å². The highest BCUT2D eigenvalue weighted by Crippen LogP contribution is 2.41. The molecule has 0 bridgehead atoms. The summed E-state index contributed by atoms with van der Waals surface area (Å²) >= 11 is 5.53. The highest BCUT2D eigenvalue weighted by Gasteiger charge is 2.53. The molecule has 41 heavy (non-hydrogen) atoms. The van der Waals surface area contributed by atoms with Crippen molar-refractivity contribution in [2.75, 3.05) is 11.5 Å². The Morgan fingerprint density at radius 3 is 2.44 bits per heavy atom. The number of hydrogen-bond donors (Lipinski definition) is 1. The minimum Gasteiger partial charge on any atom is -0.488 e. The quantitative estimate of drug-likeness (QED) is 0.334. The Bertz CT molecular complexity index is 1390. The second kappa shape index (κ2) is 10.3. The minimum absolute atomic E-state index is 0.0101. The molecule has 13 heteroatoms. The Hall–Kier alpha value is -3.66. The zero-order chi connectivity index (χ0) is 30.5. The number of nitrogens with zero attached hydrogens (tertiary/aromatic N) is 3. The first-order valence-electron chi connectivity index (χ1n) is 12.9. The van der Waals surface area contributed by atoms with Crippen LogP contribution in [-0.2, 0) is 9.53 Å². The summed E-state index contributed by atoms with van der Waals surface area (Å²) in [6.45, 7) is 8.32. The van der Waals surface area contributed by atoms with Gasteiger partial charge in [-0.25, -0.2) is 9.18 Å². The van der Waals surface area contributed by atoms with E-state index < -0.39 is 64.3 Å². The number of thiocarbonyl (C=S) groups is 1. The molecular formula is C28H30F4N4O4S. The lowest BCUT2D eigenvalue weighted by Crippen LogP contribution is -2.45. The Morgan fingerprint density at radius 2 is 1.90 bits per heavy atom. The summed E-state index contributed by atoms with van der Waals surface area (Å²) in [7, 11) is 0. The van der Waals surface area contributed by atoms with Crippen molar-refractivity contribution in [2.45, 2.75) is 82.8 Å². The van der Waals surface area contributed by atoms with Crippen molar-refractivity contribution in [3.05, 3.63) is 47.3 Å². The number of ether oxygens (including phenoxy) is 2. The predicted octanol–water partition coefficient (Wildman–Crippen LogP) is 5.68. The van der Waals surface area contributed by atoms with E-state index in [-0.39, 0.29) is 23.2 Å². The van der Waals surface area contributed by atoms with Crippen molar-refractivity contribution in [3.63, 3.8) is 0 Å². The molecule has 1 unspecified atom stereocenters. The number of carbonyl (C=O) groups excluding carboxylic acids is 2. The number of halogens is 4. The van der Waals surface area contributed by atoms with Gasteiger partial charge < -0.3 is 19.7 Å². The normalized spacial score (nSPS) is 21.6. The lowest BCUT2D eigenvalue weighted by Gasteiger charge is -2.30. The average Bonchev–Trinajstić information content (AvgIpc) is 3.57. The maximum absolute atomic E-state index is 15.2. The van der Waals surface area contributed by atoms with Crippen LogP contribution in [0.15, 0.2) is 41.5 Å². The fourth-order valence-corrected chi connectivity index (χ4v) is 5.29. The number of anilines is 1. The van der Waals surface area contributed by atoms with Crippen LogP contribution in [0.4, 0.5) is 28.0 Å². The molecule has 1 N–H and O–H groups in total. The molecule has 1 aromatic rings. The first-order valence-corrected chi connectivity index (χ1v) is 13.3. The van der Waals surface area contributed by atoms with Gasteiger partial charge in [0, 0.05) is 18.2 Å². The summed E-state index contributed by atoms with van der Waals surface area (Å²) < 4.78 is 67.0. The largest absolute Gasteiger partial charge is 0.488 e. The molecule has 0 spiro atoms. The van der Waals surface area contributed by atoms with Gasteiger partial charge in [0.2, 0.25) is 0 Å². The summed E-state index contributed by atoms with van der Waals surface area (Å²) in [5.41, 5.74) is -4.03. The SMILES string of the molecule is CC(C)(C)OC(=O)NC1(COc2ccc(N3C(=S)N(C4C=CC(C#N)=C(C(F)(F)F)C4)C(=O)C3(C)C)cc2F)CC1. The first kappa shape index (κ1) is 30.3. The number of hydrogen-bond acceptors (Lipinski definition) is 6.